The maximum absolute atomic E-state index is 14.3. The number of anilines is 3. The molecular weight excluding hydrogens is 363 g/mol. The molecule has 4 rings (SSSR count). The highest BCUT2D eigenvalue weighted by atomic mass is 35.5. The van der Waals surface area contributed by atoms with Gasteiger partial charge in [-0.15, -0.1) is 5.10 Å². The molecule has 0 aliphatic carbocycles. The van der Waals surface area contributed by atoms with Crippen LogP contribution in [-0.4, -0.2) is 52.3 Å². The van der Waals surface area contributed by atoms with Gasteiger partial charge in [0, 0.05) is 13.2 Å². The maximum atomic E-state index is 14.3. The summed E-state index contributed by atoms with van der Waals surface area (Å²) in [5.41, 5.74) is 1.40. The second-order valence-corrected chi connectivity index (χ2v) is 6.71. The summed E-state index contributed by atoms with van der Waals surface area (Å²) in [4.78, 5) is 8.61. The number of hydrogen-bond acceptors (Lipinski definition) is 7. The van der Waals surface area contributed by atoms with Crippen LogP contribution in [0.1, 0.15) is 24.6 Å². The third-order valence-electron chi connectivity index (χ3n) is 4.52. The predicted octanol–water partition coefficient (Wildman–Crippen LogP) is 2.87. The van der Waals surface area contributed by atoms with Crippen LogP contribution >= 0.6 is 11.6 Å². The fourth-order valence-electron chi connectivity index (χ4n) is 3.14. The first-order valence-electron chi connectivity index (χ1n) is 8.60. The third-order valence-corrected chi connectivity index (χ3v) is 4.79. The van der Waals surface area contributed by atoms with Gasteiger partial charge in [0.15, 0.2) is 5.82 Å². The van der Waals surface area contributed by atoms with Gasteiger partial charge in [-0.3, -0.25) is 4.68 Å². The molecule has 0 amide bonds. The average Bonchev–Trinajstić information content (AvgIpc) is 2.92. The van der Waals surface area contributed by atoms with E-state index in [1.165, 1.54) is 6.20 Å². The van der Waals surface area contributed by atoms with Gasteiger partial charge in [0.25, 0.3) is 5.88 Å². The smallest absolute Gasteiger partial charge is 0.257 e. The number of halogens is 2. The topological polar surface area (TPSA) is 86.1 Å². The molecule has 0 spiro atoms. The van der Waals surface area contributed by atoms with Crippen molar-refractivity contribution >= 4 is 29.1 Å². The van der Waals surface area contributed by atoms with Crippen molar-refractivity contribution in [2.24, 2.45) is 0 Å². The summed E-state index contributed by atoms with van der Waals surface area (Å²) in [6.45, 7) is 3.58. The minimum atomic E-state index is -1.11. The molecular formula is C16H20ClFN6O2. The van der Waals surface area contributed by atoms with Gasteiger partial charge in [-0.25, -0.2) is 9.37 Å². The van der Waals surface area contributed by atoms with E-state index in [1.807, 2.05) is 6.92 Å². The van der Waals surface area contributed by atoms with Crippen LogP contribution in [0.2, 0.25) is 5.02 Å². The van der Waals surface area contributed by atoms with Crippen molar-refractivity contribution in [3.8, 4) is 5.88 Å². The lowest BCUT2D eigenvalue weighted by atomic mass is 10.1. The van der Waals surface area contributed by atoms with Gasteiger partial charge in [0.05, 0.1) is 31.1 Å². The van der Waals surface area contributed by atoms with E-state index in [4.69, 9.17) is 21.1 Å². The lowest BCUT2D eigenvalue weighted by Gasteiger charge is -2.27. The maximum Gasteiger partial charge on any atom is 0.257 e. The van der Waals surface area contributed by atoms with Crippen molar-refractivity contribution in [1.82, 2.24) is 19.7 Å². The first-order chi connectivity index (χ1) is 12.6. The van der Waals surface area contributed by atoms with Gasteiger partial charge in [-0.1, -0.05) is 11.6 Å². The number of alkyl halides is 1. The van der Waals surface area contributed by atoms with E-state index in [0.717, 1.165) is 12.1 Å². The van der Waals surface area contributed by atoms with Gasteiger partial charge >= 0.3 is 0 Å². The standard InChI is InChI=1S/C16H20ClFN6O2/c1-9-13-15(23-24(9)12-3-6-25-8-11(12)18)26-5-2-4-19-14-10(17)7-20-16(21-13)22-14/h7,11-12H,2-6,8H2,1H3,(H2,19,20,21,22). The van der Waals surface area contributed by atoms with Crippen LogP contribution in [0.3, 0.4) is 0 Å². The number of aromatic nitrogens is 4. The van der Waals surface area contributed by atoms with Crippen LogP contribution in [0.25, 0.3) is 0 Å². The Morgan fingerprint density at radius 3 is 3.12 bits per heavy atom. The van der Waals surface area contributed by atoms with E-state index < -0.39 is 6.17 Å². The number of rotatable bonds is 1. The first kappa shape index (κ1) is 17.3. The summed E-state index contributed by atoms with van der Waals surface area (Å²) in [5, 5.41) is 11.3. The SMILES string of the molecule is Cc1c2c(nn1C1CCOCC1F)OCCCNc1nc(ncc1Cl)N2. The summed E-state index contributed by atoms with van der Waals surface area (Å²) >= 11 is 6.13. The Bertz CT molecular complexity index is 801. The Kier molecular flexibility index (Phi) is 4.82. The quantitative estimate of drug-likeness (QED) is 0.784. The van der Waals surface area contributed by atoms with Crippen molar-refractivity contribution < 1.29 is 13.9 Å². The number of nitrogens with zero attached hydrogens (tertiary/aromatic N) is 4. The van der Waals surface area contributed by atoms with E-state index in [0.29, 0.717) is 54.5 Å². The molecule has 1 saturated heterocycles. The zero-order chi connectivity index (χ0) is 18.1. The lowest BCUT2D eigenvalue weighted by Crippen LogP contribution is -2.32. The van der Waals surface area contributed by atoms with Crippen LogP contribution < -0.4 is 15.4 Å². The Hall–Kier alpha value is -2.13. The fourth-order valence-corrected chi connectivity index (χ4v) is 3.30. The Morgan fingerprint density at radius 1 is 1.38 bits per heavy atom. The van der Waals surface area contributed by atoms with E-state index in [-0.39, 0.29) is 12.6 Å². The second kappa shape index (κ2) is 7.24. The van der Waals surface area contributed by atoms with Gasteiger partial charge < -0.3 is 20.1 Å². The largest absolute Gasteiger partial charge is 0.475 e. The lowest BCUT2D eigenvalue weighted by molar-refractivity contribution is -0.000990. The molecule has 2 aromatic heterocycles. The number of hydrogen-bond donors (Lipinski definition) is 2. The van der Waals surface area contributed by atoms with Crippen LogP contribution in [0, 0.1) is 6.92 Å². The second-order valence-electron chi connectivity index (χ2n) is 6.30. The minimum absolute atomic E-state index is 0.0816. The highest BCUT2D eigenvalue weighted by molar-refractivity contribution is 6.32. The molecule has 2 aliphatic heterocycles. The fraction of sp³-hybridized carbons (Fsp3) is 0.562. The van der Waals surface area contributed by atoms with Crippen molar-refractivity contribution in [2.45, 2.75) is 32.0 Å². The average molecular weight is 383 g/mol. The van der Waals surface area contributed by atoms with E-state index >= 15 is 0 Å². The zero-order valence-corrected chi connectivity index (χ0v) is 15.1. The summed E-state index contributed by atoms with van der Waals surface area (Å²) in [5.74, 6) is 1.35. The minimum Gasteiger partial charge on any atom is -0.475 e. The highest BCUT2D eigenvalue weighted by Gasteiger charge is 2.31. The van der Waals surface area contributed by atoms with Crippen LogP contribution in [0.5, 0.6) is 5.88 Å². The molecule has 2 atom stereocenters. The van der Waals surface area contributed by atoms with Crippen molar-refractivity contribution in [3.05, 3.63) is 16.9 Å². The summed E-state index contributed by atoms with van der Waals surface area (Å²) in [7, 11) is 0. The van der Waals surface area contributed by atoms with Gasteiger partial charge in [0.1, 0.15) is 16.9 Å². The van der Waals surface area contributed by atoms with Crippen molar-refractivity contribution in [2.75, 3.05) is 37.0 Å². The van der Waals surface area contributed by atoms with E-state index in [9.17, 15) is 4.39 Å². The number of ether oxygens (including phenoxy) is 2. The predicted molar refractivity (Wildman–Crippen MR) is 95.3 cm³/mol. The summed E-state index contributed by atoms with van der Waals surface area (Å²) < 4.78 is 27.1. The van der Waals surface area contributed by atoms with Crippen molar-refractivity contribution in [1.29, 1.82) is 0 Å². The molecule has 0 saturated carbocycles. The van der Waals surface area contributed by atoms with Gasteiger partial charge in [-0.05, 0) is 19.8 Å². The normalized spacial score (nSPS) is 23.0. The molecule has 2 N–H and O–H groups in total. The molecule has 2 unspecified atom stereocenters. The molecule has 4 heterocycles. The third kappa shape index (κ3) is 3.28. The molecule has 2 aliphatic rings. The van der Waals surface area contributed by atoms with Gasteiger partial charge in [0.2, 0.25) is 5.95 Å². The first-order valence-corrected chi connectivity index (χ1v) is 8.98. The Balaban J connectivity index is 1.72. The molecule has 1 fully saturated rings. The number of fused-ring (bicyclic) bond motifs is 3. The summed E-state index contributed by atoms with van der Waals surface area (Å²) in [6.07, 6.45) is 1.73. The molecule has 140 valence electrons. The Morgan fingerprint density at radius 2 is 2.27 bits per heavy atom. The zero-order valence-electron chi connectivity index (χ0n) is 14.3. The molecule has 2 aromatic rings. The molecule has 26 heavy (non-hydrogen) atoms. The van der Waals surface area contributed by atoms with Crippen LogP contribution in [-0.2, 0) is 4.74 Å². The molecule has 10 heteroatoms. The van der Waals surface area contributed by atoms with Crippen molar-refractivity contribution in [3.63, 3.8) is 0 Å². The van der Waals surface area contributed by atoms with Crippen LogP contribution in [0.4, 0.5) is 21.8 Å². The molecule has 2 bridgehead atoms. The van der Waals surface area contributed by atoms with E-state index in [2.05, 4.69) is 25.7 Å². The number of nitrogens with one attached hydrogen (secondary N) is 2. The Labute approximate surface area is 155 Å². The molecule has 8 nitrogen and oxygen atoms in total. The van der Waals surface area contributed by atoms with Gasteiger partial charge in [-0.2, -0.15) is 4.98 Å². The monoisotopic (exact) mass is 382 g/mol. The highest BCUT2D eigenvalue weighted by Crippen LogP contribution is 2.35. The molecule has 0 radical (unpaired) electrons. The van der Waals surface area contributed by atoms with E-state index in [1.54, 1.807) is 4.68 Å². The van der Waals surface area contributed by atoms with Crippen LogP contribution in [0.15, 0.2) is 6.20 Å². The summed E-state index contributed by atoms with van der Waals surface area (Å²) in [6, 6.07) is -0.377. The molecule has 0 aromatic carbocycles.